The van der Waals surface area contributed by atoms with E-state index >= 15 is 0 Å². The molecule has 0 aliphatic heterocycles. The number of benzene rings is 2. The molecule has 2 aromatic carbocycles. The van der Waals surface area contributed by atoms with Crippen LogP contribution >= 0.6 is 0 Å². The lowest BCUT2D eigenvalue weighted by Crippen LogP contribution is -2.28. The second-order valence-corrected chi connectivity index (χ2v) is 8.24. The van der Waals surface area contributed by atoms with Crippen molar-refractivity contribution in [1.29, 1.82) is 0 Å². The van der Waals surface area contributed by atoms with Crippen molar-refractivity contribution in [2.24, 2.45) is 5.41 Å². The molecule has 2 N–H and O–H groups in total. The first-order valence-electron chi connectivity index (χ1n) is 9.27. The maximum atomic E-state index is 14.7. The molecule has 1 heterocycles. The van der Waals surface area contributed by atoms with Crippen molar-refractivity contribution in [3.05, 3.63) is 70.4 Å². The molecule has 1 aromatic heterocycles. The third-order valence-electron chi connectivity index (χ3n) is 5.45. The van der Waals surface area contributed by atoms with Crippen LogP contribution in [0.3, 0.4) is 0 Å². The fourth-order valence-corrected chi connectivity index (χ4v) is 4.14. The van der Waals surface area contributed by atoms with E-state index in [1.54, 1.807) is 29.7 Å². The number of hydrogen-bond donors (Lipinski definition) is 2. The highest BCUT2D eigenvalue weighted by molar-refractivity contribution is 6.11. The second kappa shape index (κ2) is 6.77. The summed E-state index contributed by atoms with van der Waals surface area (Å²) < 4.78 is 30.5. The van der Waals surface area contributed by atoms with Gasteiger partial charge in [0.1, 0.15) is 0 Å². The quantitative estimate of drug-likeness (QED) is 0.512. The van der Waals surface area contributed by atoms with E-state index in [4.69, 9.17) is 5.21 Å². The number of ketones is 1. The molecule has 5 nitrogen and oxygen atoms in total. The number of carbonyl (C=O) groups is 2. The van der Waals surface area contributed by atoms with E-state index in [-0.39, 0.29) is 28.6 Å². The van der Waals surface area contributed by atoms with Crippen LogP contribution in [0.25, 0.3) is 10.9 Å². The number of amides is 1. The molecule has 4 rings (SSSR count). The molecule has 1 amide bonds. The van der Waals surface area contributed by atoms with E-state index in [1.807, 2.05) is 18.4 Å². The van der Waals surface area contributed by atoms with Gasteiger partial charge in [0.2, 0.25) is 0 Å². The summed E-state index contributed by atoms with van der Waals surface area (Å²) in [7, 11) is 0. The molecule has 150 valence electrons. The molecule has 0 atom stereocenters. The van der Waals surface area contributed by atoms with Crippen LogP contribution in [0, 0.1) is 17.0 Å². The van der Waals surface area contributed by atoms with Crippen molar-refractivity contribution in [3.8, 4) is 0 Å². The van der Waals surface area contributed by atoms with Crippen LogP contribution in [0.2, 0.25) is 0 Å². The number of nitrogens with zero attached hydrogens (tertiary/aromatic N) is 1. The molecule has 0 radical (unpaired) electrons. The van der Waals surface area contributed by atoms with E-state index < -0.39 is 17.5 Å². The molecular weight excluding hydrogens is 378 g/mol. The fourth-order valence-electron chi connectivity index (χ4n) is 4.14. The summed E-state index contributed by atoms with van der Waals surface area (Å²) in [4.78, 5) is 24.3. The third kappa shape index (κ3) is 3.21. The van der Waals surface area contributed by atoms with Crippen molar-refractivity contribution in [2.75, 3.05) is 0 Å². The molecule has 0 fully saturated rings. The van der Waals surface area contributed by atoms with E-state index in [9.17, 15) is 18.4 Å². The Morgan fingerprint density at radius 2 is 1.83 bits per heavy atom. The Labute approximate surface area is 165 Å². The molecule has 29 heavy (non-hydrogen) atoms. The van der Waals surface area contributed by atoms with Crippen LogP contribution in [0.5, 0.6) is 0 Å². The lowest BCUT2D eigenvalue weighted by atomic mass is 9.75. The number of Topliss-reactive ketones (excluding diaryl/α,β-unsaturated/α-hetero) is 1. The molecule has 0 bridgehead atoms. The van der Waals surface area contributed by atoms with Gasteiger partial charge in [-0.3, -0.25) is 14.8 Å². The Bertz CT molecular complexity index is 1150. The van der Waals surface area contributed by atoms with Gasteiger partial charge >= 0.3 is 0 Å². The Balaban J connectivity index is 1.87. The minimum absolute atomic E-state index is 0.0387. The summed E-state index contributed by atoms with van der Waals surface area (Å²) in [5.74, 6) is -2.78. The molecule has 1 aliphatic carbocycles. The summed E-state index contributed by atoms with van der Waals surface area (Å²) in [5, 5.41) is 8.77. The van der Waals surface area contributed by atoms with Gasteiger partial charge in [-0.1, -0.05) is 26.0 Å². The standard InChI is InChI=1S/C22H20F2N2O3/c1-22(2)9-16-18(17(27)10-22)19-15(8-7-14(23)20(19)24)26(16)11-12-3-5-13(6-4-12)21(28)25-29/h3-8,29H,9-11H2,1-2H3,(H,25,28). The maximum Gasteiger partial charge on any atom is 0.274 e. The second-order valence-electron chi connectivity index (χ2n) is 8.24. The molecule has 1 aliphatic rings. The number of aromatic nitrogens is 1. The van der Waals surface area contributed by atoms with Gasteiger partial charge in [-0.2, -0.15) is 0 Å². The van der Waals surface area contributed by atoms with E-state index in [2.05, 4.69) is 0 Å². The fraction of sp³-hybridized carbons (Fsp3) is 0.273. The monoisotopic (exact) mass is 398 g/mol. The van der Waals surface area contributed by atoms with Crippen molar-refractivity contribution in [1.82, 2.24) is 10.0 Å². The lowest BCUT2D eigenvalue weighted by Gasteiger charge is -2.30. The van der Waals surface area contributed by atoms with Crippen molar-refractivity contribution in [3.63, 3.8) is 0 Å². The topological polar surface area (TPSA) is 71.3 Å². The smallest absolute Gasteiger partial charge is 0.274 e. The molecule has 0 unspecified atom stereocenters. The van der Waals surface area contributed by atoms with Gasteiger partial charge in [0.25, 0.3) is 5.91 Å². The number of carbonyl (C=O) groups excluding carboxylic acids is 2. The highest BCUT2D eigenvalue weighted by atomic mass is 19.2. The zero-order chi connectivity index (χ0) is 20.9. The van der Waals surface area contributed by atoms with E-state index in [0.29, 0.717) is 29.7 Å². The average molecular weight is 398 g/mol. The van der Waals surface area contributed by atoms with Crippen molar-refractivity contribution >= 4 is 22.6 Å². The van der Waals surface area contributed by atoms with Gasteiger partial charge in [-0.15, -0.1) is 0 Å². The highest BCUT2D eigenvalue weighted by Gasteiger charge is 2.36. The number of rotatable bonds is 3. The Morgan fingerprint density at radius 1 is 1.14 bits per heavy atom. The first-order valence-corrected chi connectivity index (χ1v) is 9.27. The number of nitrogens with one attached hydrogen (secondary N) is 1. The van der Waals surface area contributed by atoms with Crippen molar-refractivity contribution in [2.45, 2.75) is 33.2 Å². The number of halogens is 2. The largest absolute Gasteiger partial charge is 0.339 e. The van der Waals surface area contributed by atoms with Gasteiger partial charge < -0.3 is 4.57 Å². The first kappa shape index (κ1) is 19.3. The average Bonchev–Trinajstić information content (AvgIpc) is 2.98. The van der Waals surface area contributed by atoms with Crippen molar-refractivity contribution < 1.29 is 23.6 Å². The molecule has 0 saturated heterocycles. The summed E-state index contributed by atoms with van der Waals surface area (Å²) in [5.41, 5.74) is 3.84. The predicted octanol–water partition coefficient (Wildman–Crippen LogP) is 4.24. The van der Waals surface area contributed by atoms with Gasteiger partial charge in [0.15, 0.2) is 17.4 Å². The van der Waals surface area contributed by atoms with Gasteiger partial charge in [0, 0.05) is 35.2 Å². The molecule has 3 aromatic rings. The minimum Gasteiger partial charge on any atom is -0.339 e. The molecule has 0 spiro atoms. The van der Waals surface area contributed by atoms with E-state index in [1.165, 1.54) is 6.07 Å². The Kier molecular flexibility index (Phi) is 4.50. The maximum absolute atomic E-state index is 14.7. The van der Waals surface area contributed by atoms with Crippen LogP contribution < -0.4 is 5.48 Å². The molecule has 0 saturated carbocycles. The predicted molar refractivity (Wildman–Crippen MR) is 103 cm³/mol. The first-order chi connectivity index (χ1) is 13.7. The van der Waals surface area contributed by atoms with E-state index in [0.717, 1.165) is 11.6 Å². The number of hydrogen-bond acceptors (Lipinski definition) is 3. The number of hydroxylamine groups is 1. The summed E-state index contributed by atoms with van der Waals surface area (Å²) in [6, 6.07) is 9.14. The van der Waals surface area contributed by atoms with Gasteiger partial charge in [-0.25, -0.2) is 14.3 Å². The zero-order valence-corrected chi connectivity index (χ0v) is 16.1. The van der Waals surface area contributed by atoms with Gasteiger partial charge in [0.05, 0.1) is 5.52 Å². The SMILES string of the molecule is CC1(C)CC(=O)c2c(n(Cc3ccc(C(=O)NO)cc3)c3ccc(F)c(F)c23)C1. The normalized spacial score (nSPS) is 15.4. The number of fused-ring (bicyclic) bond motifs is 3. The summed E-state index contributed by atoms with van der Waals surface area (Å²) in [6.45, 7) is 4.30. The third-order valence-corrected chi connectivity index (χ3v) is 5.45. The Hall–Kier alpha value is -3.06. The molecule has 7 heteroatoms. The molecular formula is C22H20F2N2O3. The zero-order valence-electron chi connectivity index (χ0n) is 16.1. The van der Waals surface area contributed by atoms with Crippen LogP contribution in [0.1, 0.15) is 52.2 Å². The summed E-state index contributed by atoms with van der Waals surface area (Å²) >= 11 is 0. The van der Waals surface area contributed by atoms with Crippen LogP contribution in [-0.4, -0.2) is 21.5 Å². The van der Waals surface area contributed by atoms with Crippen LogP contribution in [0.4, 0.5) is 8.78 Å². The van der Waals surface area contributed by atoms with Gasteiger partial charge in [-0.05, 0) is 41.7 Å². The van der Waals surface area contributed by atoms with Crippen LogP contribution in [0.15, 0.2) is 36.4 Å². The summed E-state index contributed by atoms with van der Waals surface area (Å²) in [6.07, 6.45) is 0.842. The van der Waals surface area contributed by atoms with Crippen LogP contribution in [-0.2, 0) is 13.0 Å². The lowest BCUT2D eigenvalue weighted by molar-refractivity contribution is 0.0706. The minimum atomic E-state index is -1.000. The Morgan fingerprint density at radius 3 is 2.48 bits per heavy atom. The highest BCUT2D eigenvalue weighted by Crippen LogP contribution is 2.41.